The van der Waals surface area contributed by atoms with Crippen LogP contribution >= 0.6 is 0 Å². The molecule has 2 aliphatic rings. The molecule has 1 saturated carbocycles. The lowest BCUT2D eigenvalue weighted by Gasteiger charge is -2.32. The van der Waals surface area contributed by atoms with Gasteiger partial charge in [-0.15, -0.1) is 0 Å². The highest BCUT2D eigenvalue weighted by Crippen LogP contribution is 2.36. The largest absolute Gasteiger partial charge is 0.454 e. The topological polar surface area (TPSA) is 105 Å². The van der Waals surface area contributed by atoms with Gasteiger partial charge in [0, 0.05) is 18.7 Å². The van der Waals surface area contributed by atoms with E-state index in [4.69, 9.17) is 9.47 Å². The molecule has 9 nitrogen and oxygen atoms in total. The molecular weight excluding hydrogens is 482 g/mol. The van der Waals surface area contributed by atoms with Gasteiger partial charge in [0.05, 0.1) is 11.9 Å². The molecule has 36 heavy (non-hydrogen) atoms. The molecule has 0 unspecified atom stereocenters. The number of hydrogen-bond acceptors (Lipinski definition) is 6. The zero-order chi connectivity index (χ0) is 25.9. The fourth-order valence-electron chi connectivity index (χ4n) is 4.64. The number of aryl methyl sites for hydroxylation is 1. The summed E-state index contributed by atoms with van der Waals surface area (Å²) in [6.07, 6.45) is 5.05. The predicted molar refractivity (Wildman–Crippen MR) is 136 cm³/mol. The molecule has 1 aliphatic carbocycles. The maximum atomic E-state index is 13.7. The number of ether oxygens (including phenoxy) is 2. The Bertz CT molecular complexity index is 1230. The van der Waals surface area contributed by atoms with E-state index in [0.29, 0.717) is 11.5 Å². The molecule has 0 radical (unpaired) electrons. The number of rotatable bonds is 9. The van der Waals surface area contributed by atoms with Crippen molar-refractivity contribution in [2.75, 3.05) is 23.9 Å². The molecular formula is C26H33N3O6S. The molecule has 1 N–H and O–H groups in total. The van der Waals surface area contributed by atoms with Crippen LogP contribution in [-0.2, 0) is 26.2 Å². The average Bonchev–Trinajstić information content (AvgIpc) is 3.51. The van der Waals surface area contributed by atoms with Crippen LogP contribution in [0.4, 0.5) is 5.69 Å². The number of benzene rings is 2. The van der Waals surface area contributed by atoms with Crippen LogP contribution in [0.15, 0.2) is 42.5 Å². The third-order valence-corrected chi connectivity index (χ3v) is 7.77. The minimum atomic E-state index is -3.82. The first kappa shape index (κ1) is 25.8. The van der Waals surface area contributed by atoms with Crippen LogP contribution in [0.2, 0.25) is 0 Å². The molecule has 4 rings (SSSR count). The van der Waals surface area contributed by atoms with Crippen LogP contribution < -0.4 is 19.1 Å². The molecule has 1 fully saturated rings. The molecule has 0 saturated heterocycles. The van der Waals surface area contributed by atoms with Crippen molar-refractivity contribution in [1.29, 1.82) is 0 Å². The van der Waals surface area contributed by atoms with Crippen LogP contribution in [0.25, 0.3) is 0 Å². The van der Waals surface area contributed by atoms with Gasteiger partial charge in [0.2, 0.25) is 28.6 Å². The van der Waals surface area contributed by atoms with E-state index in [2.05, 4.69) is 5.32 Å². The highest BCUT2D eigenvalue weighted by atomic mass is 32.2. The Morgan fingerprint density at radius 3 is 2.50 bits per heavy atom. The van der Waals surface area contributed by atoms with E-state index in [0.717, 1.165) is 47.4 Å². The lowest BCUT2D eigenvalue weighted by Crippen LogP contribution is -2.52. The maximum absolute atomic E-state index is 13.7. The van der Waals surface area contributed by atoms with Crippen molar-refractivity contribution in [3.8, 4) is 11.5 Å². The number of sulfonamides is 1. The van der Waals surface area contributed by atoms with Crippen molar-refractivity contribution in [2.24, 2.45) is 0 Å². The van der Waals surface area contributed by atoms with Crippen LogP contribution in [0, 0.1) is 6.92 Å². The lowest BCUT2D eigenvalue weighted by atomic mass is 10.1. The molecule has 2 aromatic carbocycles. The number of nitrogens with zero attached hydrogens (tertiary/aromatic N) is 2. The van der Waals surface area contributed by atoms with E-state index in [1.54, 1.807) is 19.1 Å². The molecule has 2 aromatic rings. The Balaban J connectivity index is 1.59. The molecule has 194 valence electrons. The number of hydrogen-bond donors (Lipinski definition) is 1. The molecule has 2 amide bonds. The Hall–Kier alpha value is -3.27. The van der Waals surface area contributed by atoms with Gasteiger partial charge in [0.1, 0.15) is 12.6 Å². The molecule has 0 spiro atoms. The minimum absolute atomic E-state index is 0.0501. The minimum Gasteiger partial charge on any atom is -0.454 e. The smallest absolute Gasteiger partial charge is 0.244 e. The molecule has 10 heteroatoms. The van der Waals surface area contributed by atoms with E-state index in [-0.39, 0.29) is 31.0 Å². The maximum Gasteiger partial charge on any atom is 0.244 e. The van der Waals surface area contributed by atoms with Crippen LogP contribution in [0.5, 0.6) is 11.5 Å². The molecule has 0 aromatic heterocycles. The zero-order valence-electron chi connectivity index (χ0n) is 20.9. The third kappa shape index (κ3) is 6.10. The van der Waals surface area contributed by atoms with E-state index in [9.17, 15) is 18.0 Å². The fourth-order valence-corrected chi connectivity index (χ4v) is 5.48. The van der Waals surface area contributed by atoms with Gasteiger partial charge >= 0.3 is 0 Å². The van der Waals surface area contributed by atoms with Crippen LogP contribution in [-0.4, -0.2) is 56.8 Å². The summed E-state index contributed by atoms with van der Waals surface area (Å²) in [7, 11) is -3.82. The van der Waals surface area contributed by atoms with Crippen molar-refractivity contribution in [1.82, 2.24) is 10.2 Å². The van der Waals surface area contributed by atoms with Gasteiger partial charge in [-0.1, -0.05) is 42.7 Å². The molecule has 1 atom stereocenters. The first-order chi connectivity index (χ1) is 17.1. The molecule has 1 aliphatic heterocycles. The van der Waals surface area contributed by atoms with Crippen molar-refractivity contribution in [3.05, 3.63) is 53.6 Å². The van der Waals surface area contributed by atoms with E-state index in [1.807, 2.05) is 31.2 Å². The number of amides is 2. The quantitative estimate of drug-likeness (QED) is 0.551. The van der Waals surface area contributed by atoms with E-state index in [1.165, 1.54) is 11.0 Å². The molecule has 1 heterocycles. The first-order valence-corrected chi connectivity index (χ1v) is 14.0. The Morgan fingerprint density at radius 1 is 1.08 bits per heavy atom. The van der Waals surface area contributed by atoms with Crippen molar-refractivity contribution in [2.45, 2.75) is 58.2 Å². The SMILES string of the molecule is Cc1cccc(CN(C(=O)CN(c2ccc3c(c2)OCO3)S(C)(=O)=O)[C@H](C)C(=O)NC2CCCC2)c1. The summed E-state index contributed by atoms with van der Waals surface area (Å²) in [6.45, 7) is 3.42. The Labute approximate surface area is 212 Å². The highest BCUT2D eigenvalue weighted by Gasteiger charge is 2.32. The normalized spacial score (nSPS) is 16.0. The lowest BCUT2D eigenvalue weighted by molar-refractivity contribution is -0.139. The second kappa shape index (κ2) is 10.8. The second-order valence-corrected chi connectivity index (χ2v) is 11.4. The Kier molecular flexibility index (Phi) is 7.73. The third-order valence-electron chi connectivity index (χ3n) is 6.63. The van der Waals surface area contributed by atoms with Gasteiger partial charge in [0.15, 0.2) is 11.5 Å². The fraction of sp³-hybridized carbons (Fsp3) is 0.462. The van der Waals surface area contributed by atoms with Gasteiger partial charge in [-0.25, -0.2) is 8.42 Å². The van der Waals surface area contributed by atoms with Gasteiger partial charge in [0.25, 0.3) is 0 Å². The van der Waals surface area contributed by atoms with E-state index >= 15 is 0 Å². The van der Waals surface area contributed by atoms with Gasteiger partial charge in [-0.05, 0) is 44.4 Å². The van der Waals surface area contributed by atoms with Crippen LogP contribution in [0.3, 0.4) is 0 Å². The van der Waals surface area contributed by atoms with Crippen molar-refractivity contribution in [3.63, 3.8) is 0 Å². The van der Waals surface area contributed by atoms with Gasteiger partial charge < -0.3 is 19.7 Å². The predicted octanol–water partition coefficient (Wildman–Crippen LogP) is 2.97. The second-order valence-electron chi connectivity index (χ2n) is 9.48. The molecule has 0 bridgehead atoms. The van der Waals surface area contributed by atoms with Crippen molar-refractivity contribution < 1.29 is 27.5 Å². The number of fused-ring (bicyclic) bond motifs is 1. The summed E-state index contributed by atoms with van der Waals surface area (Å²) in [5.41, 5.74) is 2.17. The highest BCUT2D eigenvalue weighted by molar-refractivity contribution is 7.92. The Morgan fingerprint density at radius 2 is 1.81 bits per heavy atom. The number of carbonyl (C=O) groups is 2. The van der Waals surface area contributed by atoms with Crippen LogP contribution in [0.1, 0.15) is 43.7 Å². The average molecular weight is 516 g/mol. The summed E-state index contributed by atoms with van der Waals surface area (Å²) in [6, 6.07) is 11.7. The number of nitrogens with one attached hydrogen (secondary N) is 1. The zero-order valence-corrected chi connectivity index (χ0v) is 21.7. The number of carbonyl (C=O) groups excluding carboxylic acids is 2. The summed E-state index contributed by atoms with van der Waals surface area (Å²) < 4.78 is 37.2. The monoisotopic (exact) mass is 515 g/mol. The summed E-state index contributed by atoms with van der Waals surface area (Å²) in [5, 5.41) is 3.06. The van der Waals surface area contributed by atoms with Gasteiger partial charge in [-0.3, -0.25) is 13.9 Å². The summed E-state index contributed by atoms with van der Waals surface area (Å²) in [4.78, 5) is 28.2. The standard InChI is InChI=1S/C26H33N3O6S/c1-18-7-6-8-20(13-18)15-28(19(2)26(31)27-21-9-4-5-10-21)25(30)16-29(36(3,32)33)22-11-12-23-24(14-22)35-17-34-23/h6-8,11-14,19,21H,4-5,9-10,15-17H2,1-3H3,(H,27,31)/t19-/m1/s1. The van der Waals surface area contributed by atoms with Crippen molar-refractivity contribution >= 4 is 27.5 Å². The first-order valence-electron chi connectivity index (χ1n) is 12.1. The summed E-state index contributed by atoms with van der Waals surface area (Å²) >= 11 is 0. The summed E-state index contributed by atoms with van der Waals surface area (Å²) in [5.74, 6) is 0.205. The van der Waals surface area contributed by atoms with E-state index < -0.39 is 28.5 Å². The van der Waals surface area contributed by atoms with Gasteiger partial charge in [-0.2, -0.15) is 0 Å². The number of anilines is 1.